The Morgan fingerprint density at radius 1 is 1.22 bits per heavy atom. The zero-order chi connectivity index (χ0) is 23.4. The second-order valence-corrected chi connectivity index (χ2v) is 9.71. The normalized spacial score (nSPS) is 26.0. The van der Waals surface area contributed by atoms with Crippen molar-refractivity contribution in [2.24, 2.45) is 0 Å². The van der Waals surface area contributed by atoms with Crippen molar-refractivity contribution in [1.29, 1.82) is 0 Å². The Kier molecular flexibility index (Phi) is 5.71. The number of nitrogen functional groups attached to an aromatic ring is 1. The topological polar surface area (TPSA) is 253 Å². The summed E-state index contributed by atoms with van der Waals surface area (Å²) in [4.78, 5) is 38.7. The standard InChI is InChI=1S/C14H17N5O11P2/c15-7-1-5-10-6(7)3-19(18-8(10)2-16-17-13(5)22)14-12(21)11(20)9(29-14)4-28-32(26,27)30-31(23,24)25/h1-3,9,11-12,14,20-21H,4,15H2,(H,17,22)(H,26,27)(H2,23,24,25)/t9-,11-,12-,14-/m1/s1. The number of nitrogens with one attached hydrogen (secondary N) is 1. The van der Waals surface area contributed by atoms with Crippen molar-refractivity contribution in [2.75, 3.05) is 12.3 Å². The van der Waals surface area contributed by atoms with Gasteiger partial charge in [-0.3, -0.25) is 9.32 Å². The summed E-state index contributed by atoms with van der Waals surface area (Å²) in [5, 5.41) is 32.0. The molecular weight excluding hydrogens is 476 g/mol. The van der Waals surface area contributed by atoms with Crippen molar-refractivity contribution >= 4 is 43.0 Å². The number of aromatic nitrogens is 4. The van der Waals surface area contributed by atoms with E-state index in [1.54, 1.807) is 0 Å². The van der Waals surface area contributed by atoms with Gasteiger partial charge >= 0.3 is 15.6 Å². The number of ether oxygens (including phenoxy) is 1. The fourth-order valence-electron chi connectivity index (χ4n) is 3.37. The molecule has 4 rings (SSSR count). The first kappa shape index (κ1) is 22.9. The van der Waals surface area contributed by atoms with Gasteiger partial charge in [0.25, 0.3) is 5.56 Å². The summed E-state index contributed by atoms with van der Waals surface area (Å²) in [6.45, 7) is -0.860. The molecular formula is C14H17N5O11P2. The lowest BCUT2D eigenvalue weighted by Crippen LogP contribution is -2.33. The number of hydrogen-bond acceptors (Lipinski definition) is 11. The third-order valence-electron chi connectivity index (χ3n) is 4.70. The highest BCUT2D eigenvalue weighted by Crippen LogP contribution is 2.57. The van der Waals surface area contributed by atoms with Crippen LogP contribution in [0.2, 0.25) is 0 Å². The Labute approximate surface area is 177 Å². The highest BCUT2D eigenvalue weighted by Gasteiger charge is 2.45. The summed E-state index contributed by atoms with van der Waals surface area (Å²) in [5.74, 6) is 0. The first-order chi connectivity index (χ1) is 14.9. The van der Waals surface area contributed by atoms with E-state index in [9.17, 15) is 29.0 Å². The Morgan fingerprint density at radius 3 is 2.62 bits per heavy atom. The van der Waals surface area contributed by atoms with Gasteiger partial charge in [-0.1, -0.05) is 0 Å². The van der Waals surface area contributed by atoms with E-state index < -0.39 is 52.4 Å². The van der Waals surface area contributed by atoms with Crippen molar-refractivity contribution in [3.8, 4) is 0 Å². The minimum absolute atomic E-state index is 0.215. The molecule has 0 spiro atoms. The summed E-state index contributed by atoms with van der Waals surface area (Å²) in [7, 11) is -10.5. The van der Waals surface area contributed by atoms with Crippen molar-refractivity contribution in [3.63, 3.8) is 0 Å². The average Bonchev–Trinajstić information content (AvgIpc) is 3.10. The molecule has 1 fully saturated rings. The number of rotatable bonds is 6. The van der Waals surface area contributed by atoms with Crippen LogP contribution in [0, 0.1) is 0 Å². The largest absolute Gasteiger partial charge is 0.481 e. The molecule has 32 heavy (non-hydrogen) atoms. The van der Waals surface area contributed by atoms with Gasteiger partial charge in [0.2, 0.25) is 0 Å². The van der Waals surface area contributed by atoms with Gasteiger partial charge in [-0.15, -0.1) is 0 Å². The van der Waals surface area contributed by atoms with Crippen LogP contribution in [-0.2, 0) is 22.7 Å². The maximum Gasteiger partial charge on any atom is 0.481 e. The minimum atomic E-state index is -5.33. The predicted molar refractivity (Wildman–Crippen MR) is 105 cm³/mol. The van der Waals surface area contributed by atoms with Crippen molar-refractivity contribution in [1.82, 2.24) is 20.0 Å². The number of aromatic amines is 1. The lowest BCUT2D eigenvalue weighted by molar-refractivity contribution is -0.0579. The van der Waals surface area contributed by atoms with Gasteiger partial charge in [0, 0.05) is 22.7 Å². The van der Waals surface area contributed by atoms with Gasteiger partial charge in [-0.2, -0.15) is 14.5 Å². The van der Waals surface area contributed by atoms with Gasteiger partial charge in [0.15, 0.2) is 6.23 Å². The number of phosphoric ester groups is 1. The molecule has 1 aromatic carbocycles. The van der Waals surface area contributed by atoms with Crippen LogP contribution in [0.5, 0.6) is 0 Å². The molecule has 5 atom stereocenters. The Balaban J connectivity index is 1.63. The van der Waals surface area contributed by atoms with Crippen molar-refractivity contribution < 1.29 is 47.6 Å². The van der Waals surface area contributed by atoms with E-state index in [2.05, 4.69) is 24.1 Å². The molecule has 1 saturated heterocycles. The molecule has 1 unspecified atom stereocenters. The number of nitrogens with zero attached hydrogens (tertiary/aromatic N) is 3. The van der Waals surface area contributed by atoms with Crippen LogP contribution in [-0.4, -0.2) is 69.8 Å². The molecule has 0 radical (unpaired) electrons. The number of hydrogen-bond donors (Lipinski definition) is 7. The number of anilines is 1. The molecule has 0 aliphatic carbocycles. The van der Waals surface area contributed by atoms with E-state index in [1.165, 1.54) is 18.5 Å². The highest BCUT2D eigenvalue weighted by molar-refractivity contribution is 7.60. The molecule has 8 N–H and O–H groups in total. The predicted octanol–water partition coefficient (Wildman–Crippen LogP) is -1.30. The highest BCUT2D eigenvalue weighted by atomic mass is 31.3. The zero-order valence-electron chi connectivity index (χ0n) is 15.7. The molecule has 1 aliphatic rings. The van der Waals surface area contributed by atoms with Crippen LogP contribution in [0.15, 0.2) is 23.3 Å². The van der Waals surface area contributed by atoms with E-state index in [0.717, 1.165) is 4.68 Å². The molecule has 0 bridgehead atoms. The summed E-state index contributed by atoms with van der Waals surface area (Å²) < 4.78 is 37.0. The first-order valence-corrected chi connectivity index (χ1v) is 11.8. The van der Waals surface area contributed by atoms with E-state index in [-0.39, 0.29) is 16.6 Å². The molecule has 174 valence electrons. The van der Waals surface area contributed by atoms with Gasteiger partial charge in [0.1, 0.15) is 23.8 Å². The molecule has 1 aliphatic heterocycles. The van der Waals surface area contributed by atoms with Crippen LogP contribution in [0.1, 0.15) is 6.23 Å². The van der Waals surface area contributed by atoms with Crippen LogP contribution in [0.25, 0.3) is 21.7 Å². The van der Waals surface area contributed by atoms with Crippen molar-refractivity contribution in [2.45, 2.75) is 24.5 Å². The Morgan fingerprint density at radius 2 is 1.94 bits per heavy atom. The monoisotopic (exact) mass is 493 g/mol. The maximum absolute atomic E-state index is 12.1. The van der Waals surface area contributed by atoms with E-state index in [1.807, 2.05) is 0 Å². The average molecular weight is 493 g/mol. The fraction of sp³-hybridized carbons (Fsp3) is 0.357. The summed E-state index contributed by atoms with van der Waals surface area (Å²) in [6, 6.07) is 1.43. The van der Waals surface area contributed by atoms with Crippen LogP contribution >= 0.6 is 15.6 Å². The second kappa shape index (κ2) is 7.97. The lowest BCUT2D eigenvalue weighted by atomic mass is 10.1. The molecule has 2 aromatic heterocycles. The van der Waals surface area contributed by atoms with Crippen LogP contribution in [0.3, 0.4) is 0 Å². The van der Waals surface area contributed by atoms with E-state index in [4.69, 9.17) is 20.3 Å². The smallest absolute Gasteiger partial charge is 0.398 e. The van der Waals surface area contributed by atoms with E-state index in [0.29, 0.717) is 10.8 Å². The second-order valence-electron chi connectivity index (χ2n) is 6.88. The number of phosphoric acid groups is 2. The number of H-pyrrole nitrogens is 1. The number of aliphatic hydroxyl groups is 2. The third-order valence-corrected chi connectivity index (χ3v) is 6.85. The van der Waals surface area contributed by atoms with E-state index >= 15 is 0 Å². The lowest BCUT2D eigenvalue weighted by Gasteiger charge is -2.18. The molecule has 3 heterocycles. The van der Waals surface area contributed by atoms with Crippen LogP contribution < -0.4 is 11.3 Å². The van der Waals surface area contributed by atoms with Crippen LogP contribution in [0.4, 0.5) is 5.69 Å². The molecule has 0 saturated carbocycles. The first-order valence-electron chi connectivity index (χ1n) is 8.77. The quantitative estimate of drug-likeness (QED) is 0.197. The molecule has 0 amide bonds. The van der Waals surface area contributed by atoms with Gasteiger partial charge in [-0.05, 0) is 6.07 Å². The summed E-state index contributed by atoms with van der Waals surface area (Å²) in [5.41, 5.74) is 5.95. The zero-order valence-corrected chi connectivity index (χ0v) is 17.5. The molecule has 18 heteroatoms. The number of aliphatic hydroxyl groups excluding tert-OH is 2. The number of nitrogens with two attached hydrogens (primary N) is 1. The maximum atomic E-state index is 12.1. The summed E-state index contributed by atoms with van der Waals surface area (Å²) in [6.07, 6.45) is -3.32. The summed E-state index contributed by atoms with van der Waals surface area (Å²) >= 11 is 0. The molecule has 3 aromatic rings. The van der Waals surface area contributed by atoms with Gasteiger partial charge in [-0.25, -0.2) is 18.9 Å². The Bertz CT molecular complexity index is 1340. The SMILES string of the molecule is Nc1cc2c(=O)[nH]ncc3nn([C@@H]4O[C@H](COP(=O)(O)OP(=O)(O)O)[C@@H](O)[C@H]4O)cc1c32. The van der Waals surface area contributed by atoms with Gasteiger partial charge in [0.05, 0.1) is 18.2 Å². The van der Waals surface area contributed by atoms with Crippen molar-refractivity contribution in [3.05, 3.63) is 28.8 Å². The molecule has 16 nitrogen and oxygen atoms in total. The third kappa shape index (κ3) is 4.33. The Hall–Kier alpha value is -2.23. The fourth-order valence-corrected chi connectivity index (χ4v) is 4.97. The van der Waals surface area contributed by atoms with Gasteiger partial charge < -0.3 is 35.4 Å². The minimum Gasteiger partial charge on any atom is -0.398 e.